The summed E-state index contributed by atoms with van der Waals surface area (Å²) >= 11 is 0. The first-order valence-corrected chi connectivity index (χ1v) is 6.46. The van der Waals surface area contributed by atoms with Crippen molar-refractivity contribution in [1.29, 1.82) is 0 Å². The smallest absolute Gasteiger partial charge is 0.382 e. The number of benzene rings is 1. The fourth-order valence-corrected chi connectivity index (χ4v) is 3.01. The molecule has 0 fully saturated rings. The lowest BCUT2D eigenvalue weighted by atomic mass is 10.1. The first-order valence-electron chi connectivity index (χ1n) is 4.97. The minimum Gasteiger partial charge on any atom is -0.382 e. The quantitative estimate of drug-likeness (QED) is 0.809. The molecule has 0 unspecified atom stereocenters. The van der Waals surface area contributed by atoms with Gasteiger partial charge in [-0.15, -0.1) is 0 Å². The highest BCUT2D eigenvalue weighted by atomic mass is 32.2. The van der Waals surface area contributed by atoms with E-state index in [4.69, 9.17) is 0 Å². The van der Waals surface area contributed by atoms with E-state index in [9.17, 15) is 35.5 Å². The van der Waals surface area contributed by atoms with Crippen LogP contribution in [0.2, 0.25) is 0 Å². The van der Waals surface area contributed by atoms with Gasteiger partial charge < -0.3 is 5.11 Å². The van der Waals surface area contributed by atoms with Crippen molar-refractivity contribution in [3.05, 3.63) is 29.3 Å². The van der Waals surface area contributed by atoms with Crippen molar-refractivity contribution >= 4 is 9.84 Å². The van der Waals surface area contributed by atoms with E-state index in [2.05, 4.69) is 0 Å². The largest absolute Gasteiger partial charge is 0.501 e. The fourth-order valence-electron chi connectivity index (χ4n) is 1.97. The molecule has 0 aliphatic heterocycles. The second kappa shape index (κ2) is 3.89. The molecule has 0 amide bonds. The number of halogens is 5. The number of rotatable bonds is 1. The van der Waals surface area contributed by atoms with Crippen LogP contribution in [0.4, 0.5) is 22.0 Å². The van der Waals surface area contributed by atoms with Crippen molar-refractivity contribution in [3.8, 4) is 0 Å². The maximum Gasteiger partial charge on any atom is 0.501 e. The maximum absolute atomic E-state index is 13.3. The predicted octanol–water partition coefficient (Wildman–Crippen LogP) is 2.20. The molecule has 1 N–H and O–H groups in total. The van der Waals surface area contributed by atoms with E-state index >= 15 is 0 Å². The molecule has 1 aliphatic carbocycles. The van der Waals surface area contributed by atoms with Crippen molar-refractivity contribution < 1.29 is 35.5 Å². The third kappa shape index (κ3) is 2.00. The van der Waals surface area contributed by atoms with Crippen LogP contribution in [-0.2, 0) is 16.3 Å². The van der Waals surface area contributed by atoms with Crippen LogP contribution < -0.4 is 0 Å². The second-order valence-electron chi connectivity index (χ2n) is 4.12. The minimum absolute atomic E-state index is 0.303. The Morgan fingerprint density at radius 1 is 1.26 bits per heavy atom. The van der Waals surface area contributed by atoms with E-state index in [1.807, 2.05) is 0 Å². The first-order chi connectivity index (χ1) is 8.48. The molecule has 1 aromatic rings. The Morgan fingerprint density at radius 2 is 1.84 bits per heavy atom. The number of aliphatic hydroxyl groups is 1. The van der Waals surface area contributed by atoms with E-state index in [0.29, 0.717) is 6.07 Å². The van der Waals surface area contributed by atoms with Gasteiger partial charge in [0, 0.05) is 12.0 Å². The highest BCUT2D eigenvalue weighted by molar-refractivity contribution is 7.92. The van der Waals surface area contributed by atoms with Crippen LogP contribution in [0.15, 0.2) is 23.1 Å². The molecular weight excluding hydrogens is 295 g/mol. The Labute approximate surface area is 104 Å². The molecule has 3 nitrogen and oxygen atoms in total. The third-order valence-electron chi connectivity index (χ3n) is 2.85. The Hall–Kier alpha value is -1.22. The van der Waals surface area contributed by atoms with E-state index < -0.39 is 44.3 Å². The highest BCUT2D eigenvalue weighted by Crippen LogP contribution is 2.47. The van der Waals surface area contributed by atoms with Crippen molar-refractivity contribution in [2.24, 2.45) is 0 Å². The van der Waals surface area contributed by atoms with Crippen LogP contribution in [0.5, 0.6) is 0 Å². The van der Waals surface area contributed by atoms with Gasteiger partial charge in [0.1, 0.15) is 6.10 Å². The van der Waals surface area contributed by atoms with Gasteiger partial charge in [0.25, 0.3) is 15.8 Å². The topological polar surface area (TPSA) is 54.4 Å². The summed E-state index contributed by atoms with van der Waals surface area (Å²) in [7, 11) is -5.78. The predicted molar refractivity (Wildman–Crippen MR) is 53.3 cm³/mol. The SMILES string of the molecule is O=S(=O)(c1cccc2c1[C@H](O)C(F)(F)C2)C(F)(F)F. The zero-order valence-electron chi connectivity index (χ0n) is 9.08. The summed E-state index contributed by atoms with van der Waals surface area (Å²) in [4.78, 5) is -1.32. The monoisotopic (exact) mass is 302 g/mol. The molecule has 0 heterocycles. The number of aliphatic hydroxyl groups excluding tert-OH is 1. The summed E-state index contributed by atoms with van der Waals surface area (Å²) in [5.74, 6) is -3.68. The normalized spacial score (nSPS) is 22.3. The van der Waals surface area contributed by atoms with E-state index in [-0.39, 0.29) is 5.56 Å². The molecule has 1 atom stereocenters. The average molecular weight is 302 g/mol. The van der Waals surface area contributed by atoms with Gasteiger partial charge in [-0.2, -0.15) is 13.2 Å². The summed E-state index contributed by atoms with van der Waals surface area (Å²) < 4.78 is 86.5. The van der Waals surface area contributed by atoms with E-state index in [1.165, 1.54) is 0 Å². The molecule has 0 aromatic heterocycles. The van der Waals surface area contributed by atoms with Crippen molar-refractivity contribution in [2.75, 3.05) is 0 Å². The van der Waals surface area contributed by atoms with Gasteiger partial charge in [-0.3, -0.25) is 0 Å². The van der Waals surface area contributed by atoms with Gasteiger partial charge >= 0.3 is 5.51 Å². The summed E-state index contributed by atoms with van der Waals surface area (Å²) in [6.45, 7) is 0. The summed E-state index contributed by atoms with van der Waals surface area (Å²) in [6.07, 6.45) is -3.55. The lowest BCUT2D eigenvalue weighted by molar-refractivity contribution is -0.0978. The molecule has 2 rings (SSSR count). The van der Waals surface area contributed by atoms with Gasteiger partial charge in [-0.25, -0.2) is 17.2 Å². The minimum atomic E-state index is -5.78. The van der Waals surface area contributed by atoms with Gasteiger partial charge in [0.05, 0.1) is 4.90 Å². The zero-order valence-corrected chi connectivity index (χ0v) is 9.89. The maximum atomic E-state index is 13.3. The van der Waals surface area contributed by atoms with Crippen molar-refractivity contribution in [3.63, 3.8) is 0 Å². The molecule has 0 saturated heterocycles. The zero-order chi connectivity index (χ0) is 14.6. The Bertz CT molecular complexity index is 621. The summed E-state index contributed by atoms with van der Waals surface area (Å²) in [5, 5.41) is 9.34. The molecule has 1 aliphatic rings. The van der Waals surface area contributed by atoms with Gasteiger partial charge in [-0.05, 0) is 11.6 Å². The average Bonchev–Trinajstić information content (AvgIpc) is 2.48. The first kappa shape index (κ1) is 14.2. The Kier molecular flexibility index (Phi) is 2.91. The van der Waals surface area contributed by atoms with Crippen molar-refractivity contribution in [1.82, 2.24) is 0 Å². The molecule has 0 bridgehead atoms. The van der Waals surface area contributed by atoms with Gasteiger partial charge in [0.15, 0.2) is 0 Å². The van der Waals surface area contributed by atoms with Crippen molar-refractivity contribution in [2.45, 2.75) is 28.9 Å². The van der Waals surface area contributed by atoms with Gasteiger partial charge in [0.2, 0.25) is 0 Å². The van der Waals surface area contributed by atoms with Crippen LogP contribution in [-0.4, -0.2) is 25.0 Å². The Morgan fingerprint density at radius 3 is 2.37 bits per heavy atom. The Balaban J connectivity index is 2.70. The van der Waals surface area contributed by atoms with Crippen LogP contribution in [0.1, 0.15) is 17.2 Å². The summed E-state index contributed by atoms with van der Waals surface area (Å²) in [5.41, 5.74) is -6.78. The van der Waals surface area contributed by atoms with Crippen LogP contribution in [0.3, 0.4) is 0 Å². The number of hydrogen-bond acceptors (Lipinski definition) is 3. The number of hydrogen-bond donors (Lipinski definition) is 1. The van der Waals surface area contributed by atoms with Crippen LogP contribution in [0, 0.1) is 0 Å². The number of alkyl halides is 5. The molecule has 106 valence electrons. The number of sulfone groups is 1. The van der Waals surface area contributed by atoms with E-state index in [0.717, 1.165) is 12.1 Å². The molecule has 19 heavy (non-hydrogen) atoms. The summed E-state index contributed by atoms with van der Waals surface area (Å²) in [6, 6.07) is 2.56. The van der Waals surface area contributed by atoms with Crippen LogP contribution in [0.25, 0.3) is 0 Å². The lowest BCUT2D eigenvalue weighted by Crippen LogP contribution is -2.26. The number of fused-ring (bicyclic) bond motifs is 1. The molecular formula is C10H7F5O3S. The molecule has 0 radical (unpaired) electrons. The molecule has 0 spiro atoms. The second-order valence-corrected chi connectivity index (χ2v) is 6.03. The molecule has 1 aromatic carbocycles. The molecule has 9 heteroatoms. The fraction of sp³-hybridized carbons (Fsp3) is 0.400. The third-order valence-corrected chi connectivity index (χ3v) is 4.39. The highest BCUT2D eigenvalue weighted by Gasteiger charge is 2.53. The standard InChI is InChI=1S/C10H7F5O3S/c11-9(12)4-5-2-1-3-6(7(5)8(9)16)19(17,18)10(13,14)15/h1-3,8,16H,4H2/t8-/m0/s1. The van der Waals surface area contributed by atoms with Crippen LogP contribution >= 0.6 is 0 Å². The van der Waals surface area contributed by atoms with E-state index in [1.54, 1.807) is 0 Å². The van der Waals surface area contributed by atoms with Gasteiger partial charge in [-0.1, -0.05) is 12.1 Å². The lowest BCUT2D eigenvalue weighted by Gasteiger charge is -2.16. The molecule has 0 saturated carbocycles.